The lowest BCUT2D eigenvalue weighted by Gasteiger charge is -2.35. The normalized spacial score (nSPS) is 12.1. The van der Waals surface area contributed by atoms with E-state index < -0.39 is 11.5 Å². The molecule has 22 heavy (non-hydrogen) atoms. The summed E-state index contributed by atoms with van der Waals surface area (Å²) < 4.78 is 0. The minimum Gasteiger partial charge on any atom is -0.478 e. The summed E-state index contributed by atoms with van der Waals surface area (Å²) in [7, 11) is 0. The molecule has 0 radical (unpaired) electrons. The van der Waals surface area contributed by atoms with Gasteiger partial charge < -0.3 is 10.0 Å². The lowest BCUT2D eigenvalue weighted by molar-refractivity contribution is -0.132. The second-order valence-corrected chi connectivity index (χ2v) is 6.42. The molecule has 1 amide bonds. The molecule has 0 aliphatic heterocycles. The van der Waals surface area contributed by atoms with E-state index in [9.17, 15) is 9.59 Å². The molecule has 1 N–H and O–H groups in total. The predicted octanol–water partition coefficient (Wildman–Crippen LogP) is 4.00. The molecule has 0 aliphatic rings. The van der Waals surface area contributed by atoms with E-state index in [1.54, 1.807) is 42.2 Å². The number of carboxylic acid groups (broad SMARTS) is 1. The Hall–Kier alpha value is -1.81. The molecule has 1 rings (SSSR count). The molecule has 0 saturated carbocycles. The highest BCUT2D eigenvalue weighted by Gasteiger charge is 2.26. The van der Waals surface area contributed by atoms with Gasteiger partial charge in [-0.25, -0.2) is 4.79 Å². The molecule has 0 aromatic heterocycles. The number of hydrogen-bond acceptors (Lipinski definition) is 2. The van der Waals surface area contributed by atoms with Gasteiger partial charge in [0.1, 0.15) is 0 Å². The molecule has 4 nitrogen and oxygen atoms in total. The third kappa shape index (κ3) is 4.88. The van der Waals surface area contributed by atoms with Crippen molar-refractivity contribution in [3.05, 3.63) is 46.5 Å². The number of hydrogen-bond donors (Lipinski definition) is 1. The zero-order valence-corrected chi connectivity index (χ0v) is 14.1. The maximum absolute atomic E-state index is 12.7. The molecule has 0 atom stereocenters. The van der Waals surface area contributed by atoms with E-state index in [2.05, 4.69) is 0 Å². The third-order valence-corrected chi connectivity index (χ3v) is 3.57. The first-order valence-corrected chi connectivity index (χ1v) is 7.54. The zero-order valence-electron chi connectivity index (χ0n) is 13.4. The van der Waals surface area contributed by atoms with Gasteiger partial charge in [-0.3, -0.25) is 4.79 Å². The van der Waals surface area contributed by atoms with Crippen LogP contribution in [0, 0.1) is 0 Å². The molecule has 0 spiro atoms. The number of halogens is 1. The zero-order chi connectivity index (χ0) is 16.9. The monoisotopic (exact) mass is 323 g/mol. The van der Waals surface area contributed by atoms with E-state index in [4.69, 9.17) is 16.7 Å². The molecule has 1 aromatic rings. The highest BCUT2D eigenvalue weighted by molar-refractivity contribution is 6.30. The van der Waals surface area contributed by atoms with Crippen molar-refractivity contribution < 1.29 is 14.7 Å². The van der Waals surface area contributed by atoms with Gasteiger partial charge in [-0.15, -0.1) is 0 Å². The van der Waals surface area contributed by atoms with Crippen LogP contribution in [0.1, 0.15) is 44.5 Å². The number of aliphatic carboxylic acids is 1. The van der Waals surface area contributed by atoms with Gasteiger partial charge in [-0.05, 0) is 51.5 Å². The van der Waals surface area contributed by atoms with Crippen LogP contribution in [0.25, 0.3) is 0 Å². The number of carboxylic acids is 1. The van der Waals surface area contributed by atoms with E-state index >= 15 is 0 Å². The fourth-order valence-electron chi connectivity index (χ4n) is 1.99. The first kappa shape index (κ1) is 18.2. The van der Waals surface area contributed by atoms with E-state index in [1.807, 2.05) is 20.8 Å². The van der Waals surface area contributed by atoms with Crippen molar-refractivity contribution in [3.8, 4) is 0 Å². The Balaban J connectivity index is 3.06. The molecular weight excluding hydrogens is 302 g/mol. The van der Waals surface area contributed by atoms with Crippen LogP contribution in [0.2, 0.25) is 5.02 Å². The fraction of sp³-hybridized carbons (Fsp3) is 0.412. The van der Waals surface area contributed by atoms with Crippen molar-refractivity contribution in [3.63, 3.8) is 0 Å². The largest absolute Gasteiger partial charge is 0.478 e. The van der Waals surface area contributed by atoms with Crippen molar-refractivity contribution in [2.45, 2.75) is 39.7 Å². The summed E-state index contributed by atoms with van der Waals surface area (Å²) in [6, 6.07) is 6.68. The summed E-state index contributed by atoms with van der Waals surface area (Å²) in [6.45, 7) is 7.78. The fourth-order valence-corrected chi connectivity index (χ4v) is 2.12. The van der Waals surface area contributed by atoms with Gasteiger partial charge in [-0.1, -0.05) is 24.6 Å². The van der Waals surface area contributed by atoms with E-state index in [0.29, 0.717) is 22.6 Å². The smallest absolute Gasteiger partial charge is 0.331 e. The van der Waals surface area contributed by atoms with Crippen LogP contribution >= 0.6 is 11.6 Å². The third-order valence-electron chi connectivity index (χ3n) is 3.32. The number of carbonyl (C=O) groups is 2. The predicted molar refractivity (Wildman–Crippen MR) is 88.3 cm³/mol. The highest BCUT2D eigenvalue weighted by atomic mass is 35.5. The van der Waals surface area contributed by atoms with Crippen molar-refractivity contribution in [2.75, 3.05) is 6.54 Å². The molecule has 0 unspecified atom stereocenters. The first-order chi connectivity index (χ1) is 10.2. The number of benzene rings is 1. The molecule has 120 valence electrons. The van der Waals surface area contributed by atoms with Gasteiger partial charge in [0, 0.05) is 28.2 Å². The quantitative estimate of drug-likeness (QED) is 0.833. The lowest BCUT2D eigenvalue weighted by Crippen LogP contribution is -2.45. The first-order valence-electron chi connectivity index (χ1n) is 7.16. The Bertz CT molecular complexity index is 571. The van der Waals surface area contributed by atoms with E-state index in [0.717, 1.165) is 0 Å². The van der Waals surface area contributed by atoms with Gasteiger partial charge in [0.25, 0.3) is 5.91 Å². The topological polar surface area (TPSA) is 57.6 Å². The Kier molecular flexibility index (Phi) is 6.18. The molecule has 0 saturated heterocycles. The Morgan fingerprint density at radius 2 is 1.77 bits per heavy atom. The maximum Gasteiger partial charge on any atom is 0.331 e. The highest BCUT2D eigenvalue weighted by Crippen LogP contribution is 2.19. The van der Waals surface area contributed by atoms with E-state index in [1.165, 1.54) is 0 Å². The van der Waals surface area contributed by atoms with Gasteiger partial charge in [0.2, 0.25) is 0 Å². The summed E-state index contributed by atoms with van der Waals surface area (Å²) in [5, 5.41) is 9.66. The average molecular weight is 324 g/mol. The summed E-state index contributed by atoms with van der Waals surface area (Å²) in [5.41, 5.74) is 0.407. The number of amides is 1. The molecule has 1 aromatic carbocycles. The second-order valence-electron chi connectivity index (χ2n) is 5.98. The molecule has 0 bridgehead atoms. The van der Waals surface area contributed by atoms with Gasteiger partial charge in [-0.2, -0.15) is 0 Å². The molecule has 0 heterocycles. The van der Waals surface area contributed by atoms with Crippen LogP contribution < -0.4 is 0 Å². The van der Waals surface area contributed by atoms with Crippen LogP contribution in [0.4, 0.5) is 0 Å². The number of nitrogens with zero attached hydrogens (tertiary/aromatic N) is 1. The van der Waals surface area contributed by atoms with E-state index in [-0.39, 0.29) is 12.5 Å². The number of carbonyl (C=O) groups excluding carboxylic acids is 1. The van der Waals surface area contributed by atoms with Crippen molar-refractivity contribution in [1.82, 2.24) is 4.90 Å². The van der Waals surface area contributed by atoms with Crippen LogP contribution in [-0.4, -0.2) is 34.0 Å². The van der Waals surface area contributed by atoms with Crippen LogP contribution in [-0.2, 0) is 4.79 Å². The summed E-state index contributed by atoms with van der Waals surface area (Å²) in [4.78, 5) is 25.4. The van der Waals surface area contributed by atoms with Crippen LogP contribution in [0.3, 0.4) is 0 Å². The van der Waals surface area contributed by atoms with Crippen LogP contribution in [0.5, 0.6) is 0 Å². The second kappa shape index (κ2) is 7.45. The molecule has 0 fully saturated rings. The van der Waals surface area contributed by atoms with Crippen molar-refractivity contribution >= 4 is 23.5 Å². The van der Waals surface area contributed by atoms with Crippen molar-refractivity contribution in [2.24, 2.45) is 0 Å². The van der Waals surface area contributed by atoms with Gasteiger partial charge in [0.15, 0.2) is 0 Å². The number of rotatable bonds is 5. The standard InChI is InChI=1S/C17H22ClNO3/c1-5-12(16(21)22)10-11-19(17(2,3)4)15(20)13-6-8-14(18)9-7-13/h6-10H,5,11H2,1-4H3,(H,21,22)/b12-10+. The van der Waals surface area contributed by atoms with Crippen LogP contribution in [0.15, 0.2) is 35.9 Å². The Labute approximate surface area is 136 Å². The SMILES string of the molecule is CC/C(=C\CN(C(=O)c1ccc(Cl)cc1)C(C)(C)C)C(=O)O. The molecule has 0 aliphatic carbocycles. The van der Waals surface area contributed by atoms with Gasteiger partial charge >= 0.3 is 5.97 Å². The van der Waals surface area contributed by atoms with Crippen molar-refractivity contribution in [1.29, 1.82) is 0 Å². The maximum atomic E-state index is 12.7. The Morgan fingerprint density at radius 1 is 1.23 bits per heavy atom. The minimum absolute atomic E-state index is 0.152. The minimum atomic E-state index is -0.949. The molecular formula is C17H22ClNO3. The van der Waals surface area contributed by atoms with Gasteiger partial charge in [0.05, 0.1) is 0 Å². The summed E-state index contributed by atoms with van der Waals surface area (Å²) in [5.74, 6) is -1.10. The summed E-state index contributed by atoms with van der Waals surface area (Å²) in [6.07, 6.45) is 2.02. The average Bonchev–Trinajstić information content (AvgIpc) is 2.42. The summed E-state index contributed by atoms with van der Waals surface area (Å²) >= 11 is 5.84. The molecule has 5 heteroatoms. The lowest BCUT2D eigenvalue weighted by atomic mass is 10.0. The Morgan fingerprint density at radius 3 is 2.18 bits per heavy atom.